The maximum absolute atomic E-state index is 11.6. The molecule has 0 saturated carbocycles. The molecule has 1 aliphatic rings. The van der Waals surface area contributed by atoms with Crippen molar-refractivity contribution in [1.29, 1.82) is 0 Å². The van der Waals surface area contributed by atoms with E-state index >= 15 is 0 Å². The number of β-lactam (4-membered cyclic amide) rings is 1. The van der Waals surface area contributed by atoms with Crippen LogP contribution < -0.4 is 5.32 Å². The van der Waals surface area contributed by atoms with Crippen LogP contribution in [0, 0.1) is 5.92 Å². The van der Waals surface area contributed by atoms with Gasteiger partial charge in [-0.25, -0.2) is 0 Å². The van der Waals surface area contributed by atoms with E-state index in [0.717, 1.165) is 0 Å². The highest BCUT2D eigenvalue weighted by Crippen LogP contribution is 2.39. The topological polar surface area (TPSA) is 58.6 Å². The lowest BCUT2D eigenvalue weighted by Crippen LogP contribution is -2.63. The normalized spacial score (nSPS) is 26.5. The monoisotopic (exact) mass is 273 g/mol. The Morgan fingerprint density at radius 1 is 1.44 bits per heavy atom. The van der Waals surface area contributed by atoms with Gasteiger partial charge in [0.15, 0.2) is 8.32 Å². The van der Waals surface area contributed by atoms with Crippen LogP contribution in [0.5, 0.6) is 0 Å². The zero-order valence-electron chi connectivity index (χ0n) is 12.4. The maximum Gasteiger partial charge on any atom is 0.228 e. The third-order valence-corrected chi connectivity index (χ3v) is 8.87. The van der Waals surface area contributed by atoms with Gasteiger partial charge < -0.3 is 14.8 Å². The molecule has 0 bridgehead atoms. The molecule has 0 aromatic rings. The van der Waals surface area contributed by atoms with Gasteiger partial charge in [0.1, 0.15) is 0 Å². The Morgan fingerprint density at radius 3 is 2.39 bits per heavy atom. The molecule has 5 heteroatoms. The highest BCUT2D eigenvalue weighted by Gasteiger charge is 2.46. The van der Waals surface area contributed by atoms with Crippen molar-refractivity contribution in [2.75, 3.05) is 6.61 Å². The fourth-order valence-electron chi connectivity index (χ4n) is 2.10. The van der Waals surface area contributed by atoms with Crippen LogP contribution in [0.15, 0.2) is 0 Å². The number of amides is 1. The SMILES string of the molecule is CC(O[Si](C)(C)C(C)(C)C)C1C(=O)NC1CCO. The zero-order valence-corrected chi connectivity index (χ0v) is 13.4. The lowest BCUT2D eigenvalue weighted by Gasteiger charge is -2.45. The highest BCUT2D eigenvalue weighted by molar-refractivity contribution is 6.74. The van der Waals surface area contributed by atoms with Crippen molar-refractivity contribution in [1.82, 2.24) is 5.32 Å². The molecule has 1 fully saturated rings. The molecule has 0 radical (unpaired) electrons. The molecular weight excluding hydrogens is 246 g/mol. The largest absolute Gasteiger partial charge is 0.413 e. The molecule has 1 heterocycles. The summed E-state index contributed by atoms with van der Waals surface area (Å²) in [6.45, 7) is 13.1. The van der Waals surface area contributed by atoms with Crippen LogP contribution in [-0.4, -0.2) is 38.1 Å². The van der Waals surface area contributed by atoms with Crippen molar-refractivity contribution in [2.24, 2.45) is 5.92 Å². The average Bonchev–Trinajstić information content (AvgIpc) is 2.13. The summed E-state index contributed by atoms with van der Waals surface area (Å²) in [5.41, 5.74) is 0. The second-order valence-corrected chi connectivity index (χ2v) is 11.5. The van der Waals surface area contributed by atoms with E-state index < -0.39 is 8.32 Å². The van der Waals surface area contributed by atoms with Gasteiger partial charge in [-0.1, -0.05) is 20.8 Å². The summed E-state index contributed by atoms with van der Waals surface area (Å²) in [6.07, 6.45) is 0.540. The second kappa shape index (κ2) is 5.31. The first-order chi connectivity index (χ1) is 8.10. The first-order valence-corrected chi connectivity index (χ1v) is 9.60. The number of hydrogen-bond donors (Lipinski definition) is 2. The molecule has 3 atom stereocenters. The molecule has 0 aliphatic carbocycles. The summed E-state index contributed by atoms with van der Waals surface area (Å²) < 4.78 is 6.25. The zero-order chi connectivity index (χ0) is 14.1. The van der Waals surface area contributed by atoms with Gasteiger partial charge in [-0.05, 0) is 31.5 Å². The maximum atomic E-state index is 11.6. The third kappa shape index (κ3) is 3.13. The molecule has 106 valence electrons. The number of carbonyl (C=O) groups excluding carboxylic acids is 1. The van der Waals surface area contributed by atoms with Gasteiger partial charge in [0.05, 0.1) is 12.0 Å². The van der Waals surface area contributed by atoms with Gasteiger partial charge in [-0.3, -0.25) is 4.79 Å². The van der Waals surface area contributed by atoms with Gasteiger partial charge in [0, 0.05) is 12.6 Å². The number of aliphatic hydroxyl groups excluding tert-OH is 1. The van der Waals surface area contributed by atoms with Crippen molar-refractivity contribution in [3.63, 3.8) is 0 Å². The summed E-state index contributed by atoms with van der Waals surface area (Å²) in [5, 5.41) is 11.9. The Balaban J connectivity index is 2.65. The molecular formula is C13H27NO3Si. The fraction of sp³-hybridized carbons (Fsp3) is 0.923. The predicted molar refractivity (Wildman–Crippen MR) is 74.9 cm³/mol. The lowest BCUT2D eigenvalue weighted by molar-refractivity contribution is -0.140. The number of nitrogens with one attached hydrogen (secondary N) is 1. The molecule has 0 aromatic carbocycles. The Kier molecular flexibility index (Phi) is 4.62. The van der Waals surface area contributed by atoms with Gasteiger partial charge in [-0.2, -0.15) is 0 Å². The van der Waals surface area contributed by atoms with E-state index in [1.807, 2.05) is 6.92 Å². The minimum Gasteiger partial charge on any atom is -0.413 e. The van der Waals surface area contributed by atoms with Crippen LogP contribution in [-0.2, 0) is 9.22 Å². The number of hydrogen-bond acceptors (Lipinski definition) is 3. The van der Waals surface area contributed by atoms with E-state index in [2.05, 4.69) is 39.2 Å². The molecule has 1 saturated heterocycles. The highest BCUT2D eigenvalue weighted by atomic mass is 28.4. The Labute approximate surface area is 111 Å². The van der Waals surface area contributed by atoms with E-state index in [1.54, 1.807) is 0 Å². The van der Waals surface area contributed by atoms with E-state index in [-0.39, 0.29) is 35.6 Å². The number of rotatable bonds is 5. The van der Waals surface area contributed by atoms with E-state index in [9.17, 15) is 4.79 Å². The van der Waals surface area contributed by atoms with Crippen LogP contribution in [0.1, 0.15) is 34.1 Å². The van der Waals surface area contributed by atoms with Crippen molar-refractivity contribution in [2.45, 2.75) is 64.4 Å². The Hall–Kier alpha value is -0.393. The Bertz CT molecular complexity index is 312. The van der Waals surface area contributed by atoms with Crippen LogP contribution in [0.4, 0.5) is 0 Å². The van der Waals surface area contributed by atoms with E-state index in [1.165, 1.54) is 0 Å². The predicted octanol–water partition coefficient (Wildman–Crippen LogP) is 1.89. The number of carbonyl (C=O) groups is 1. The van der Waals surface area contributed by atoms with Crippen LogP contribution >= 0.6 is 0 Å². The van der Waals surface area contributed by atoms with Crippen molar-refractivity contribution in [3.8, 4) is 0 Å². The summed E-state index contributed by atoms with van der Waals surface area (Å²) in [6, 6.07) is 0.0715. The molecule has 3 unspecified atom stereocenters. The Morgan fingerprint density at radius 2 is 2.00 bits per heavy atom. The van der Waals surface area contributed by atoms with Gasteiger partial charge in [0.25, 0.3) is 0 Å². The standard InChI is InChI=1S/C13H27NO3Si/c1-9(17-18(5,6)13(2,3)4)11-10(7-8-15)14-12(11)16/h9-11,15H,7-8H2,1-6H3,(H,14,16). The number of aliphatic hydroxyl groups is 1. The minimum atomic E-state index is -1.84. The second-order valence-electron chi connectivity index (χ2n) is 6.74. The van der Waals surface area contributed by atoms with Gasteiger partial charge >= 0.3 is 0 Å². The lowest BCUT2D eigenvalue weighted by atomic mass is 9.84. The molecule has 1 rings (SSSR count). The van der Waals surface area contributed by atoms with Gasteiger partial charge in [0.2, 0.25) is 5.91 Å². The van der Waals surface area contributed by atoms with Crippen LogP contribution in [0.3, 0.4) is 0 Å². The summed E-state index contributed by atoms with van der Waals surface area (Å²) >= 11 is 0. The average molecular weight is 273 g/mol. The summed E-state index contributed by atoms with van der Waals surface area (Å²) in [4.78, 5) is 11.6. The third-order valence-electron chi connectivity index (χ3n) is 4.30. The smallest absolute Gasteiger partial charge is 0.228 e. The molecule has 0 aromatic heterocycles. The molecule has 18 heavy (non-hydrogen) atoms. The summed E-state index contributed by atoms with van der Waals surface area (Å²) in [5.74, 6) is -0.0501. The van der Waals surface area contributed by atoms with Crippen LogP contribution in [0.25, 0.3) is 0 Å². The van der Waals surface area contributed by atoms with E-state index in [0.29, 0.717) is 6.42 Å². The quantitative estimate of drug-likeness (QED) is 0.594. The summed E-state index contributed by atoms with van der Waals surface area (Å²) in [7, 11) is -1.84. The van der Waals surface area contributed by atoms with Crippen molar-refractivity contribution >= 4 is 14.2 Å². The molecule has 0 spiro atoms. The van der Waals surface area contributed by atoms with Crippen molar-refractivity contribution < 1.29 is 14.3 Å². The minimum absolute atomic E-state index is 0.0552. The fourth-order valence-corrected chi connectivity index (χ4v) is 3.53. The molecule has 1 amide bonds. The van der Waals surface area contributed by atoms with Gasteiger partial charge in [-0.15, -0.1) is 0 Å². The van der Waals surface area contributed by atoms with E-state index in [4.69, 9.17) is 9.53 Å². The molecule has 2 N–H and O–H groups in total. The van der Waals surface area contributed by atoms with Crippen molar-refractivity contribution in [3.05, 3.63) is 0 Å². The molecule has 1 aliphatic heterocycles. The molecule has 4 nitrogen and oxygen atoms in total. The first kappa shape index (κ1) is 15.7. The first-order valence-electron chi connectivity index (χ1n) is 6.69. The van der Waals surface area contributed by atoms with Crippen LogP contribution in [0.2, 0.25) is 18.1 Å².